The zero-order valence-corrected chi connectivity index (χ0v) is 26.9. The second-order valence-electron chi connectivity index (χ2n) is 12.6. The quantitative estimate of drug-likeness (QED) is 0.188. The van der Waals surface area contributed by atoms with Crippen LogP contribution in [0.4, 0.5) is 0 Å². The van der Waals surface area contributed by atoms with Crippen LogP contribution in [0.1, 0.15) is 0 Å². The fourth-order valence-electron chi connectivity index (χ4n) is 6.96. The highest BCUT2D eigenvalue weighted by molar-refractivity contribution is 6.16. The van der Waals surface area contributed by atoms with Gasteiger partial charge in [0.25, 0.3) is 0 Å². The summed E-state index contributed by atoms with van der Waals surface area (Å²) in [6.45, 7) is 0. The first kappa shape index (κ1) is 28.3. The maximum atomic E-state index is 6.38. The van der Waals surface area contributed by atoms with Crippen LogP contribution in [0.2, 0.25) is 0 Å². The smallest absolute Gasteiger partial charge is 0.160 e. The molecule has 10 aromatic rings. The van der Waals surface area contributed by atoms with E-state index < -0.39 is 0 Å². The molecule has 4 nitrogen and oxygen atoms in total. The molecule has 0 N–H and O–H groups in total. The maximum absolute atomic E-state index is 6.38. The van der Waals surface area contributed by atoms with Crippen molar-refractivity contribution in [3.05, 3.63) is 170 Å². The minimum absolute atomic E-state index is 0.665. The number of hydrogen-bond donors (Lipinski definition) is 0. The van der Waals surface area contributed by atoms with Crippen LogP contribution in [0, 0.1) is 0 Å². The number of benzene rings is 7. The van der Waals surface area contributed by atoms with Gasteiger partial charge in [0.1, 0.15) is 22.3 Å². The van der Waals surface area contributed by atoms with E-state index in [0.717, 1.165) is 83.1 Å². The lowest BCUT2D eigenvalue weighted by atomic mass is 9.98. The summed E-state index contributed by atoms with van der Waals surface area (Å²) in [5.74, 6) is 0.665. The minimum Gasteiger partial charge on any atom is -0.456 e. The molecule has 0 saturated heterocycles. The van der Waals surface area contributed by atoms with Crippen molar-refractivity contribution in [1.29, 1.82) is 0 Å². The van der Waals surface area contributed by atoms with E-state index in [-0.39, 0.29) is 0 Å². The number of fused-ring (bicyclic) bond motifs is 6. The molecule has 0 unspecified atom stereocenters. The van der Waals surface area contributed by atoms with Gasteiger partial charge in [-0.05, 0) is 70.8 Å². The standard InChI is InChI=1S/C46H28N2O2/c1-4-11-29(12-5-1)32-17-10-18-33(23-32)34-19-21-42-36(24-34)38-26-39-37-25-35(20-22-43(37)50-45(39)28-44(38)49-42)46-47-40(30-13-6-2-7-14-30)27-41(48-46)31-15-8-3-9-16-31/h1-28H. The highest BCUT2D eigenvalue weighted by Gasteiger charge is 2.17. The van der Waals surface area contributed by atoms with Crippen molar-refractivity contribution >= 4 is 43.9 Å². The predicted octanol–water partition coefficient (Wildman–Crippen LogP) is 12.6. The molecule has 0 saturated carbocycles. The summed E-state index contributed by atoms with van der Waals surface area (Å²) in [7, 11) is 0. The minimum atomic E-state index is 0.665. The van der Waals surface area contributed by atoms with Gasteiger partial charge in [-0.2, -0.15) is 0 Å². The Hall–Kier alpha value is -6.78. The first-order chi connectivity index (χ1) is 24.7. The van der Waals surface area contributed by atoms with Gasteiger partial charge in [-0.1, -0.05) is 115 Å². The average molecular weight is 641 g/mol. The van der Waals surface area contributed by atoms with Crippen LogP contribution in [-0.4, -0.2) is 9.97 Å². The van der Waals surface area contributed by atoms with Gasteiger partial charge < -0.3 is 8.83 Å². The van der Waals surface area contributed by atoms with Crippen LogP contribution < -0.4 is 0 Å². The molecular weight excluding hydrogens is 613 g/mol. The topological polar surface area (TPSA) is 52.1 Å². The number of furan rings is 2. The Morgan fingerprint density at radius 2 is 0.720 bits per heavy atom. The normalized spacial score (nSPS) is 11.6. The Morgan fingerprint density at radius 3 is 1.30 bits per heavy atom. The first-order valence-corrected chi connectivity index (χ1v) is 16.7. The van der Waals surface area contributed by atoms with E-state index in [1.165, 1.54) is 11.1 Å². The van der Waals surface area contributed by atoms with Crippen molar-refractivity contribution in [3.63, 3.8) is 0 Å². The second-order valence-corrected chi connectivity index (χ2v) is 12.6. The molecule has 7 aromatic carbocycles. The molecule has 0 aliphatic carbocycles. The van der Waals surface area contributed by atoms with Gasteiger partial charge in [0, 0.05) is 44.3 Å². The number of rotatable bonds is 5. The van der Waals surface area contributed by atoms with Crippen LogP contribution >= 0.6 is 0 Å². The van der Waals surface area contributed by atoms with E-state index in [1.807, 2.05) is 60.7 Å². The Bertz CT molecular complexity index is 2800. The summed E-state index contributed by atoms with van der Waals surface area (Å²) in [6.07, 6.45) is 0. The SMILES string of the molecule is c1ccc(-c2cccc(-c3ccc4oc5cc6oc7ccc(-c8nc(-c9ccccc9)cc(-c9ccccc9)n8)cc7c6cc5c4c3)c2)cc1. The second kappa shape index (κ2) is 11.4. The third-order valence-electron chi connectivity index (χ3n) is 9.49. The lowest BCUT2D eigenvalue weighted by molar-refractivity contribution is 0.656. The van der Waals surface area contributed by atoms with Gasteiger partial charge in [-0.3, -0.25) is 0 Å². The van der Waals surface area contributed by atoms with Crippen molar-refractivity contribution in [1.82, 2.24) is 9.97 Å². The van der Waals surface area contributed by atoms with Crippen molar-refractivity contribution in [2.24, 2.45) is 0 Å². The summed E-state index contributed by atoms with van der Waals surface area (Å²) in [6, 6.07) is 58.6. The molecule has 50 heavy (non-hydrogen) atoms. The highest BCUT2D eigenvalue weighted by Crippen LogP contribution is 2.40. The lowest BCUT2D eigenvalue weighted by Crippen LogP contribution is -1.95. The van der Waals surface area contributed by atoms with E-state index in [9.17, 15) is 0 Å². The van der Waals surface area contributed by atoms with Crippen molar-refractivity contribution in [3.8, 4) is 56.2 Å². The molecule has 234 valence electrons. The van der Waals surface area contributed by atoms with Gasteiger partial charge in [-0.25, -0.2) is 9.97 Å². The number of nitrogens with zero attached hydrogens (tertiary/aromatic N) is 2. The van der Waals surface area contributed by atoms with Crippen LogP contribution in [0.3, 0.4) is 0 Å². The van der Waals surface area contributed by atoms with Crippen molar-refractivity contribution < 1.29 is 8.83 Å². The predicted molar refractivity (Wildman–Crippen MR) is 204 cm³/mol. The van der Waals surface area contributed by atoms with E-state index in [4.69, 9.17) is 18.8 Å². The largest absolute Gasteiger partial charge is 0.456 e. The molecule has 0 amide bonds. The molecule has 0 bridgehead atoms. The van der Waals surface area contributed by atoms with Gasteiger partial charge in [0.2, 0.25) is 0 Å². The fourth-order valence-corrected chi connectivity index (χ4v) is 6.96. The molecule has 3 heterocycles. The molecule has 0 aliphatic rings. The molecule has 0 fully saturated rings. The molecule has 10 rings (SSSR count). The van der Waals surface area contributed by atoms with Crippen LogP contribution in [0.15, 0.2) is 179 Å². The average Bonchev–Trinajstić information content (AvgIpc) is 3.74. The zero-order chi connectivity index (χ0) is 33.0. The van der Waals surface area contributed by atoms with Gasteiger partial charge in [0.15, 0.2) is 5.82 Å². The Balaban J connectivity index is 1.11. The molecule has 0 radical (unpaired) electrons. The van der Waals surface area contributed by atoms with Crippen LogP contribution in [0.25, 0.3) is 100 Å². The van der Waals surface area contributed by atoms with Crippen LogP contribution in [-0.2, 0) is 0 Å². The lowest BCUT2D eigenvalue weighted by Gasteiger charge is -2.09. The summed E-state index contributed by atoms with van der Waals surface area (Å²) in [4.78, 5) is 10.1. The fraction of sp³-hybridized carbons (Fsp3) is 0. The van der Waals surface area contributed by atoms with E-state index >= 15 is 0 Å². The third-order valence-corrected chi connectivity index (χ3v) is 9.49. The number of hydrogen-bond acceptors (Lipinski definition) is 4. The molecule has 3 aromatic heterocycles. The third kappa shape index (κ3) is 4.85. The summed E-state index contributed by atoms with van der Waals surface area (Å²) in [5, 5.41) is 4.16. The Morgan fingerprint density at radius 1 is 0.280 bits per heavy atom. The zero-order valence-electron chi connectivity index (χ0n) is 26.9. The van der Waals surface area contributed by atoms with Crippen molar-refractivity contribution in [2.45, 2.75) is 0 Å². The van der Waals surface area contributed by atoms with Gasteiger partial charge >= 0.3 is 0 Å². The molecular formula is C46H28N2O2. The summed E-state index contributed by atoms with van der Waals surface area (Å²) < 4.78 is 12.7. The maximum Gasteiger partial charge on any atom is 0.160 e. The Labute approximate surface area is 287 Å². The highest BCUT2D eigenvalue weighted by atomic mass is 16.3. The van der Waals surface area contributed by atoms with Crippen molar-refractivity contribution in [2.75, 3.05) is 0 Å². The van der Waals surface area contributed by atoms with Gasteiger partial charge in [0.05, 0.1) is 11.4 Å². The molecule has 0 aliphatic heterocycles. The Kier molecular flexibility index (Phi) is 6.46. The molecule has 0 atom stereocenters. The molecule has 4 heteroatoms. The van der Waals surface area contributed by atoms with E-state index in [1.54, 1.807) is 0 Å². The first-order valence-electron chi connectivity index (χ1n) is 16.7. The van der Waals surface area contributed by atoms with Gasteiger partial charge in [-0.15, -0.1) is 0 Å². The molecule has 0 spiro atoms. The van der Waals surface area contributed by atoms with E-state index in [2.05, 4.69) is 109 Å². The number of aromatic nitrogens is 2. The van der Waals surface area contributed by atoms with E-state index in [0.29, 0.717) is 5.82 Å². The summed E-state index contributed by atoms with van der Waals surface area (Å²) in [5.41, 5.74) is 12.7. The van der Waals surface area contributed by atoms with Crippen LogP contribution in [0.5, 0.6) is 0 Å². The monoisotopic (exact) mass is 640 g/mol. The summed E-state index contributed by atoms with van der Waals surface area (Å²) >= 11 is 0.